The fraction of sp³-hybridized carbons (Fsp3) is 0.118. The number of nitrogen functional groups attached to an aromatic ring is 1. The molecule has 1 heterocycles. The molecule has 0 aliphatic heterocycles. The summed E-state index contributed by atoms with van der Waals surface area (Å²) in [4.78, 5) is 0. The number of aryl methyl sites for hydroxylation is 2. The van der Waals surface area contributed by atoms with E-state index in [2.05, 4.69) is 53.1 Å². The first kappa shape index (κ1) is 13.9. The van der Waals surface area contributed by atoms with Crippen LogP contribution in [0.3, 0.4) is 0 Å². The van der Waals surface area contributed by atoms with E-state index in [1.165, 1.54) is 11.1 Å². The first-order chi connectivity index (χ1) is 10.1. The van der Waals surface area contributed by atoms with Gasteiger partial charge in [-0.15, -0.1) is 0 Å². The van der Waals surface area contributed by atoms with Gasteiger partial charge in [-0.2, -0.15) is 5.10 Å². The van der Waals surface area contributed by atoms with E-state index in [4.69, 9.17) is 5.73 Å². The standard InChI is InChI=1S/C17H16BrN3/c1-11-7-8-13(12(2)9-11)17-15(19)10-21(20-17)16-6-4-3-5-14(16)18/h3-10H,19H2,1-2H3. The third kappa shape index (κ3) is 2.59. The topological polar surface area (TPSA) is 43.8 Å². The minimum atomic E-state index is 0.678. The van der Waals surface area contributed by atoms with Crippen LogP contribution in [0, 0.1) is 13.8 Å². The van der Waals surface area contributed by atoms with Crippen molar-refractivity contribution in [2.24, 2.45) is 0 Å². The number of hydrogen-bond acceptors (Lipinski definition) is 2. The van der Waals surface area contributed by atoms with Crippen molar-refractivity contribution in [2.75, 3.05) is 5.73 Å². The third-order valence-corrected chi connectivity index (χ3v) is 4.15. The van der Waals surface area contributed by atoms with Crippen molar-refractivity contribution >= 4 is 21.6 Å². The first-order valence-corrected chi connectivity index (χ1v) is 7.53. The molecule has 0 radical (unpaired) electrons. The van der Waals surface area contributed by atoms with Gasteiger partial charge >= 0.3 is 0 Å². The summed E-state index contributed by atoms with van der Waals surface area (Å²) >= 11 is 3.55. The predicted molar refractivity (Wildman–Crippen MR) is 90.6 cm³/mol. The maximum atomic E-state index is 6.17. The molecule has 0 amide bonds. The zero-order valence-electron chi connectivity index (χ0n) is 12.0. The van der Waals surface area contributed by atoms with Gasteiger partial charge in [0, 0.05) is 10.0 Å². The minimum absolute atomic E-state index is 0.678. The van der Waals surface area contributed by atoms with Crippen molar-refractivity contribution in [3.63, 3.8) is 0 Å². The van der Waals surface area contributed by atoms with Crippen LogP contribution in [0.2, 0.25) is 0 Å². The number of halogens is 1. The van der Waals surface area contributed by atoms with Gasteiger partial charge in [0.2, 0.25) is 0 Å². The van der Waals surface area contributed by atoms with E-state index in [1.807, 2.05) is 35.1 Å². The molecule has 0 atom stereocenters. The number of hydrogen-bond donors (Lipinski definition) is 1. The molecule has 3 nitrogen and oxygen atoms in total. The van der Waals surface area contributed by atoms with Gasteiger partial charge in [0.25, 0.3) is 0 Å². The van der Waals surface area contributed by atoms with Crippen molar-refractivity contribution in [1.29, 1.82) is 0 Å². The fourth-order valence-electron chi connectivity index (χ4n) is 2.44. The SMILES string of the molecule is Cc1ccc(-c2nn(-c3ccccc3Br)cc2N)c(C)c1. The highest BCUT2D eigenvalue weighted by Gasteiger charge is 2.13. The largest absolute Gasteiger partial charge is 0.396 e. The molecule has 0 saturated carbocycles. The van der Waals surface area contributed by atoms with Gasteiger partial charge in [0.05, 0.1) is 17.6 Å². The van der Waals surface area contributed by atoms with Crippen molar-refractivity contribution in [2.45, 2.75) is 13.8 Å². The molecule has 106 valence electrons. The Bertz CT molecular complexity index is 806. The molecular weight excluding hydrogens is 326 g/mol. The molecule has 1 aromatic heterocycles. The first-order valence-electron chi connectivity index (χ1n) is 6.74. The normalized spacial score (nSPS) is 10.8. The van der Waals surface area contributed by atoms with E-state index in [0.717, 1.165) is 21.4 Å². The van der Waals surface area contributed by atoms with Crippen LogP contribution in [0.1, 0.15) is 11.1 Å². The van der Waals surface area contributed by atoms with Gasteiger partial charge in [-0.25, -0.2) is 4.68 Å². The fourth-order valence-corrected chi connectivity index (χ4v) is 2.90. The van der Waals surface area contributed by atoms with Crippen LogP contribution in [0.25, 0.3) is 16.9 Å². The van der Waals surface area contributed by atoms with Crippen molar-refractivity contribution in [1.82, 2.24) is 9.78 Å². The molecule has 3 rings (SSSR count). The molecule has 3 aromatic rings. The molecule has 0 spiro atoms. The summed E-state index contributed by atoms with van der Waals surface area (Å²) in [5.41, 5.74) is 12.1. The van der Waals surface area contributed by atoms with Crippen LogP contribution in [-0.2, 0) is 0 Å². The van der Waals surface area contributed by atoms with Crippen LogP contribution in [0.4, 0.5) is 5.69 Å². The molecule has 21 heavy (non-hydrogen) atoms. The van der Waals surface area contributed by atoms with Gasteiger partial charge in [-0.05, 0) is 47.5 Å². The van der Waals surface area contributed by atoms with Gasteiger partial charge in [0.15, 0.2) is 0 Å². The summed E-state index contributed by atoms with van der Waals surface area (Å²) in [7, 11) is 0. The summed E-state index contributed by atoms with van der Waals surface area (Å²) in [6.45, 7) is 4.17. The molecule has 2 N–H and O–H groups in total. The Labute approximate surface area is 132 Å². The molecular formula is C17H16BrN3. The van der Waals surface area contributed by atoms with Gasteiger partial charge < -0.3 is 5.73 Å². The number of para-hydroxylation sites is 1. The van der Waals surface area contributed by atoms with E-state index < -0.39 is 0 Å². The lowest BCUT2D eigenvalue weighted by atomic mass is 10.0. The number of benzene rings is 2. The lowest BCUT2D eigenvalue weighted by molar-refractivity contribution is 0.879. The van der Waals surface area contributed by atoms with E-state index >= 15 is 0 Å². The summed E-state index contributed by atoms with van der Waals surface area (Å²) in [5.74, 6) is 0. The smallest absolute Gasteiger partial charge is 0.116 e. The van der Waals surface area contributed by atoms with Crippen molar-refractivity contribution in [3.05, 3.63) is 64.3 Å². The van der Waals surface area contributed by atoms with Crippen molar-refractivity contribution < 1.29 is 0 Å². The quantitative estimate of drug-likeness (QED) is 0.745. The van der Waals surface area contributed by atoms with E-state index in [1.54, 1.807) is 0 Å². The molecule has 0 saturated heterocycles. The van der Waals surface area contributed by atoms with E-state index in [-0.39, 0.29) is 0 Å². The highest BCUT2D eigenvalue weighted by atomic mass is 79.9. The molecule has 0 bridgehead atoms. The average molecular weight is 342 g/mol. The number of nitrogens with zero attached hydrogens (tertiary/aromatic N) is 2. The Kier molecular flexibility index (Phi) is 3.55. The maximum absolute atomic E-state index is 6.17. The molecule has 0 fully saturated rings. The number of aromatic nitrogens is 2. The highest BCUT2D eigenvalue weighted by molar-refractivity contribution is 9.10. The number of nitrogens with two attached hydrogens (primary N) is 1. The van der Waals surface area contributed by atoms with Crippen LogP contribution in [0.15, 0.2) is 53.1 Å². The minimum Gasteiger partial charge on any atom is -0.396 e. The number of rotatable bonds is 2. The van der Waals surface area contributed by atoms with Gasteiger partial charge in [-0.3, -0.25) is 0 Å². The zero-order chi connectivity index (χ0) is 15.0. The second kappa shape index (κ2) is 5.37. The van der Waals surface area contributed by atoms with E-state index in [9.17, 15) is 0 Å². The Morgan fingerprint density at radius 3 is 2.57 bits per heavy atom. The Hall–Kier alpha value is -2.07. The lowest BCUT2D eigenvalue weighted by Gasteiger charge is -2.05. The summed E-state index contributed by atoms with van der Waals surface area (Å²) < 4.78 is 2.80. The second-order valence-corrected chi connectivity index (χ2v) is 6.00. The van der Waals surface area contributed by atoms with Crippen molar-refractivity contribution in [3.8, 4) is 16.9 Å². The third-order valence-electron chi connectivity index (χ3n) is 3.48. The number of anilines is 1. The molecule has 0 unspecified atom stereocenters. The lowest BCUT2D eigenvalue weighted by Crippen LogP contribution is -1.96. The monoisotopic (exact) mass is 341 g/mol. The Morgan fingerprint density at radius 2 is 1.86 bits per heavy atom. The Morgan fingerprint density at radius 1 is 1.10 bits per heavy atom. The molecule has 4 heteroatoms. The highest BCUT2D eigenvalue weighted by Crippen LogP contribution is 2.30. The van der Waals surface area contributed by atoms with E-state index in [0.29, 0.717) is 5.69 Å². The van der Waals surface area contributed by atoms with Crippen LogP contribution in [0.5, 0.6) is 0 Å². The Balaban J connectivity index is 2.12. The van der Waals surface area contributed by atoms with Gasteiger partial charge in [-0.1, -0.05) is 35.9 Å². The predicted octanol–water partition coefficient (Wildman–Crippen LogP) is 4.50. The molecule has 2 aromatic carbocycles. The molecule has 0 aliphatic rings. The zero-order valence-corrected chi connectivity index (χ0v) is 13.6. The second-order valence-electron chi connectivity index (χ2n) is 5.15. The summed E-state index contributed by atoms with van der Waals surface area (Å²) in [6.07, 6.45) is 1.86. The maximum Gasteiger partial charge on any atom is 0.116 e. The van der Waals surface area contributed by atoms with Crippen LogP contribution in [-0.4, -0.2) is 9.78 Å². The summed E-state index contributed by atoms with van der Waals surface area (Å²) in [5, 5.41) is 4.66. The van der Waals surface area contributed by atoms with Crippen LogP contribution >= 0.6 is 15.9 Å². The average Bonchev–Trinajstić information content (AvgIpc) is 2.81. The summed E-state index contributed by atoms with van der Waals surface area (Å²) in [6, 6.07) is 14.3. The molecule has 0 aliphatic carbocycles. The van der Waals surface area contributed by atoms with Crippen LogP contribution < -0.4 is 5.73 Å². The van der Waals surface area contributed by atoms with Gasteiger partial charge in [0.1, 0.15) is 5.69 Å².